The molecule has 0 amide bonds. The first-order valence-electron chi connectivity index (χ1n) is 35.0. The Morgan fingerprint density at radius 2 is 0.482 bits per heavy atom. The van der Waals surface area contributed by atoms with Crippen LogP contribution >= 0.6 is 0 Å². The van der Waals surface area contributed by atoms with Gasteiger partial charge in [-0.3, -0.25) is 14.4 Å². The number of hydrogen-bond donors (Lipinski definition) is 0. The van der Waals surface area contributed by atoms with Gasteiger partial charge in [0.05, 0.1) is 0 Å². The quantitative estimate of drug-likeness (QED) is 0.0261. The second-order valence-corrected chi connectivity index (χ2v) is 23.1. The Hall–Kier alpha value is -4.19. The number of esters is 3. The van der Waals surface area contributed by atoms with E-state index in [0.717, 1.165) is 148 Å². The minimum Gasteiger partial charge on any atom is -0.462 e. The molecule has 0 aromatic heterocycles. The Morgan fingerprint density at radius 3 is 0.771 bits per heavy atom. The van der Waals surface area contributed by atoms with Crippen molar-refractivity contribution in [2.75, 3.05) is 13.2 Å². The Kier molecular flexibility index (Phi) is 66.7. The van der Waals surface area contributed by atoms with Crippen LogP contribution in [-0.2, 0) is 28.6 Å². The molecule has 0 aliphatic heterocycles. The molecule has 0 fully saturated rings. The van der Waals surface area contributed by atoms with Gasteiger partial charge in [-0.1, -0.05) is 322 Å². The average molecular weight is 1150 g/mol. The van der Waals surface area contributed by atoms with E-state index in [1.54, 1.807) is 0 Å². The van der Waals surface area contributed by atoms with Crippen molar-refractivity contribution in [3.8, 4) is 0 Å². The van der Waals surface area contributed by atoms with Crippen LogP contribution in [0.1, 0.15) is 329 Å². The molecule has 0 spiro atoms. The van der Waals surface area contributed by atoms with E-state index >= 15 is 0 Å². The molecule has 6 heteroatoms. The maximum atomic E-state index is 12.9. The van der Waals surface area contributed by atoms with Crippen molar-refractivity contribution in [3.63, 3.8) is 0 Å². The van der Waals surface area contributed by atoms with Crippen LogP contribution in [0.5, 0.6) is 0 Å². The molecule has 0 aliphatic carbocycles. The van der Waals surface area contributed by atoms with Crippen LogP contribution in [0.25, 0.3) is 0 Å². The number of carbonyl (C=O) groups is 3. The molecule has 0 saturated carbocycles. The van der Waals surface area contributed by atoms with Gasteiger partial charge in [-0.25, -0.2) is 0 Å². The van der Waals surface area contributed by atoms with E-state index in [2.05, 4.69) is 142 Å². The number of hydrogen-bond acceptors (Lipinski definition) is 6. The number of rotatable bonds is 63. The summed E-state index contributed by atoms with van der Waals surface area (Å²) in [5.74, 6) is -0.904. The highest BCUT2D eigenvalue weighted by molar-refractivity contribution is 5.71. The molecule has 6 nitrogen and oxygen atoms in total. The van der Waals surface area contributed by atoms with Crippen molar-refractivity contribution in [2.45, 2.75) is 335 Å². The zero-order chi connectivity index (χ0) is 59.9. The van der Waals surface area contributed by atoms with Crippen molar-refractivity contribution < 1.29 is 28.6 Å². The van der Waals surface area contributed by atoms with Gasteiger partial charge in [0, 0.05) is 19.3 Å². The van der Waals surface area contributed by atoms with Crippen LogP contribution in [0.4, 0.5) is 0 Å². The molecular formula is C77H130O6. The van der Waals surface area contributed by atoms with Gasteiger partial charge in [0.1, 0.15) is 13.2 Å². The fourth-order valence-corrected chi connectivity index (χ4v) is 9.71. The van der Waals surface area contributed by atoms with Gasteiger partial charge in [0.2, 0.25) is 0 Å². The third kappa shape index (κ3) is 68.5. The second kappa shape index (κ2) is 70.3. The summed E-state index contributed by atoms with van der Waals surface area (Å²) in [6.07, 6.45) is 97.9. The van der Waals surface area contributed by atoms with Gasteiger partial charge in [-0.05, 0) is 109 Å². The van der Waals surface area contributed by atoms with Crippen molar-refractivity contribution in [1.82, 2.24) is 0 Å². The molecule has 0 saturated heterocycles. The lowest BCUT2D eigenvalue weighted by Gasteiger charge is -2.18. The molecule has 0 aromatic rings. The zero-order valence-electron chi connectivity index (χ0n) is 54.4. The summed E-state index contributed by atoms with van der Waals surface area (Å²) in [7, 11) is 0. The minimum atomic E-state index is -0.793. The van der Waals surface area contributed by atoms with Crippen LogP contribution in [0.3, 0.4) is 0 Å². The molecule has 0 aromatic carbocycles. The number of unbranched alkanes of at least 4 members (excludes halogenated alkanes) is 32. The number of allylic oxidation sites excluding steroid dienone is 20. The molecule has 83 heavy (non-hydrogen) atoms. The molecule has 0 N–H and O–H groups in total. The molecule has 1 unspecified atom stereocenters. The normalized spacial score (nSPS) is 12.9. The number of carbonyl (C=O) groups excluding carboxylic acids is 3. The fraction of sp³-hybridized carbons (Fsp3) is 0.701. The largest absolute Gasteiger partial charge is 0.462 e. The lowest BCUT2D eigenvalue weighted by Crippen LogP contribution is -2.30. The van der Waals surface area contributed by atoms with Crippen molar-refractivity contribution in [1.29, 1.82) is 0 Å². The number of ether oxygens (including phenoxy) is 3. The van der Waals surface area contributed by atoms with E-state index in [0.29, 0.717) is 19.3 Å². The molecule has 1 atom stereocenters. The van der Waals surface area contributed by atoms with Crippen molar-refractivity contribution in [2.24, 2.45) is 0 Å². The molecule has 0 aliphatic rings. The highest BCUT2D eigenvalue weighted by Crippen LogP contribution is 2.17. The summed E-state index contributed by atoms with van der Waals surface area (Å²) in [5, 5.41) is 0. The topological polar surface area (TPSA) is 78.9 Å². The average Bonchev–Trinajstić information content (AvgIpc) is 3.49. The monoisotopic (exact) mass is 1150 g/mol. The fourth-order valence-electron chi connectivity index (χ4n) is 9.71. The van der Waals surface area contributed by atoms with E-state index in [1.807, 2.05) is 0 Å². The summed E-state index contributed by atoms with van der Waals surface area (Å²) < 4.78 is 17.0. The van der Waals surface area contributed by atoms with Crippen LogP contribution in [-0.4, -0.2) is 37.2 Å². The predicted molar refractivity (Wildman–Crippen MR) is 362 cm³/mol. The first-order valence-corrected chi connectivity index (χ1v) is 35.0. The summed E-state index contributed by atoms with van der Waals surface area (Å²) in [6, 6.07) is 0. The smallest absolute Gasteiger partial charge is 0.306 e. The Labute approximate surface area is 513 Å². The standard InChI is InChI=1S/C77H130O6/c1-4-7-10-13-16-19-22-25-28-30-32-34-35-36-37-38-39-40-41-42-43-44-46-47-49-52-55-58-61-64-67-70-76(79)82-73-74(72-81-75(78)69-66-63-60-57-54-51-27-24-21-18-15-12-9-6-3)83-77(80)71-68-65-62-59-56-53-50-48-45-33-31-29-26-23-20-17-14-11-8-5-2/h7,10,15-16,18-19,24-25,27-28,32,34,36-37,39-40,42-43,46-47,74H,4-6,8-9,11-14,17,20-23,26,29-31,33,35,38,41,44-45,48-73H2,1-3H3/b10-7-,18-15-,19-16-,27-24-,28-25-,34-32-,37-36-,40-39-,43-42-,47-46-. The van der Waals surface area contributed by atoms with Gasteiger partial charge >= 0.3 is 17.9 Å². The van der Waals surface area contributed by atoms with E-state index in [-0.39, 0.29) is 31.1 Å². The third-order valence-corrected chi connectivity index (χ3v) is 15.0. The summed E-state index contributed by atoms with van der Waals surface area (Å²) in [5.41, 5.74) is 0. The summed E-state index contributed by atoms with van der Waals surface area (Å²) in [4.78, 5) is 38.4. The van der Waals surface area contributed by atoms with Gasteiger partial charge in [-0.15, -0.1) is 0 Å². The Balaban J connectivity index is 4.34. The molecular weight excluding hydrogens is 1020 g/mol. The van der Waals surface area contributed by atoms with Crippen LogP contribution in [0, 0.1) is 0 Å². The summed E-state index contributed by atoms with van der Waals surface area (Å²) >= 11 is 0. The van der Waals surface area contributed by atoms with E-state index in [4.69, 9.17) is 14.2 Å². The predicted octanol–water partition coefficient (Wildman–Crippen LogP) is 24.3. The molecule has 474 valence electrons. The first-order chi connectivity index (χ1) is 41.0. The maximum absolute atomic E-state index is 12.9. The molecule has 0 radical (unpaired) electrons. The van der Waals surface area contributed by atoms with Crippen molar-refractivity contribution >= 4 is 17.9 Å². The van der Waals surface area contributed by atoms with E-state index in [1.165, 1.54) is 141 Å². The van der Waals surface area contributed by atoms with E-state index < -0.39 is 6.10 Å². The highest BCUT2D eigenvalue weighted by Gasteiger charge is 2.19. The SMILES string of the molecule is CC/C=C\C/C=C\C/C=C\C/C=C\C/C=C\C/C=C\C/C=C\C/C=C\CCCCCCCCC(=O)OCC(COC(=O)CCCCCCC/C=C\C/C=C\CCCC)OC(=O)CCCCCCCCCCCCCCCCCCCCCC. The van der Waals surface area contributed by atoms with Crippen molar-refractivity contribution in [3.05, 3.63) is 122 Å². The molecule has 0 bridgehead atoms. The van der Waals surface area contributed by atoms with Gasteiger partial charge in [-0.2, -0.15) is 0 Å². The summed E-state index contributed by atoms with van der Waals surface area (Å²) in [6.45, 7) is 6.50. The van der Waals surface area contributed by atoms with E-state index in [9.17, 15) is 14.4 Å². The second-order valence-electron chi connectivity index (χ2n) is 23.1. The van der Waals surface area contributed by atoms with Crippen LogP contribution in [0.2, 0.25) is 0 Å². The third-order valence-electron chi connectivity index (χ3n) is 15.0. The lowest BCUT2D eigenvalue weighted by atomic mass is 10.0. The molecule has 0 heterocycles. The van der Waals surface area contributed by atoms with Crippen LogP contribution < -0.4 is 0 Å². The lowest BCUT2D eigenvalue weighted by molar-refractivity contribution is -0.167. The minimum absolute atomic E-state index is 0.0891. The first kappa shape index (κ1) is 78.8. The Morgan fingerprint density at radius 1 is 0.253 bits per heavy atom. The highest BCUT2D eigenvalue weighted by atomic mass is 16.6. The maximum Gasteiger partial charge on any atom is 0.306 e. The van der Waals surface area contributed by atoms with Gasteiger partial charge < -0.3 is 14.2 Å². The molecule has 0 rings (SSSR count). The van der Waals surface area contributed by atoms with Gasteiger partial charge in [0.25, 0.3) is 0 Å². The van der Waals surface area contributed by atoms with Gasteiger partial charge in [0.15, 0.2) is 6.10 Å². The zero-order valence-corrected chi connectivity index (χ0v) is 54.4. The van der Waals surface area contributed by atoms with Crippen LogP contribution in [0.15, 0.2) is 122 Å². The Bertz CT molecular complexity index is 1700.